The van der Waals surface area contributed by atoms with Gasteiger partial charge >= 0.3 is 0 Å². The molecule has 0 saturated heterocycles. The van der Waals surface area contributed by atoms with Crippen LogP contribution < -0.4 is 0 Å². The largest absolute Gasteiger partial charge is 0.0674 e. The van der Waals surface area contributed by atoms with Gasteiger partial charge in [-0.25, -0.2) is 0 Å². The van der Waals surface area contributed by atoms with E-state index in [1.807, 2.05) is 0 Å². The monoisotopic (exact) mass is 169 g/mol. The fraction of sp³-hybridized carbons (Fsp3) is 0.600. The van der Waals surface area contributed by atoms with Gasteiger partial charge in [0.05, 0.1) is 31.2 Å². The van der Waals surface area contributed by atoms with E-state index in [0.29, 0.717) is 0 Å². The van der Waals surface area contributed by atoms with Crippen LogP contribution in [0.25, 0.3) is 0 Å². The zero-order valence-electron chi connectivity index (χ0n) is 7.59. The van der Waals surface area contributed by atoms with Gasteiger partial charge in [0, 0.05) is 0 Å². The Balaban J connectivity index is 2.56. The van der Waals surface area contributed by atoms with E-state index in [1.54, 1.807) is 0 Å². The molecule has 0 aliphatic carbocycles. The van der Waals surface area contributed by atoms with Crippen LogP contribution in [0.2, 0.25) is 0 Å². The first kappa shape index (κ1) is 9.00. The second-order valence-corrected chi connectivity index (χ2v) is 6.93. The molecule has 0 atom stereocenters. The van der Waals surface area contributed by atoms with Crippen molar-refractivity contribution in [1.29, 1.82) is 0 Å². The normalized spacial score (nSPS) is 19.5. The van der Waals surface area contributed by atoms with Crippen molar-refractivity contribution < 1.29 is 0 Å². The zero-order valence-corrected chi connectivity index (χ0v) is 8.48. The van der Waals surface area contributed by atoms with Crippen LogP contribution >= 0.6 is 7.26 Å². The maximum atomic E-state index is 2.47. The molecule has 0 aromatic carbocycles. The number of hydrogen-bond donors (Lipinski definition) is 0. The third kappa shape index (κ3) is 2.17. The molecular weight excluding hydrogens is 151 g/mol. The summed E-state index contributed by atoms with van der Waals surface area (Å²) in [5, 5.41) is 0. The first-order valence-corrected chi connectivity index (χ1v) is 6.86. The summed E-state index contributed by atoms with van der Waals surface area (Å²) < 4.78 is 0. The van der Waals surface area contributed by atoms with Crippen molar-refractivity contribution >= 4 is 7.26 Å². The van der Waals surface area contributed by atoms with Gasteiger partial charge < -0.3 is 0 Å². The van der Waals surface area contributed by atoms with Crippen molar-refractivity contribution in [3.63, 3.8) is 0 Å². The lowest BCUT2D eigenvalue weighted by atomic mass is 10.6. The van der Waals surface area contributed by atoms with E-state index in [9.17, 15) is 0 Å². The highest BCUT2D eigenvalue weighted by molar-refractivity contribution is 7.81. The molecule has 0 bridgehead atoms. The number of hydrogen-bond acceptors (Lipinski definition) is 0. The van der Waals surface area contributed by atoms with Crippen LogP contribution in [0.3, 0.4) is 0 Å². The first-order valence-electron chi connectivity index (χ1n) is 4.56. The topological polar surface area (TPSA) is 0 Å². The minimum Gasteiger partial charge on any atom is -0.0619 e. The smallest absolute Gasteiger partial charge is 0.0619 e. The third-order valence-corrected chi connectivity index (χ3v) is 6.25. The molecule has 1 heterocycles. The molecule has 0 radical (unpaired) electrons. The Labute approximate surface area is 70.7 Å². The van der Waals surface area contributed by atoms with Crippen LogP contribution in [0.15, 0.2) is 23.8 Å². The lowest BCUT2D eigenvalue weighted by Crippen LogP contribution is -1.95. The van der Waals surface area contributed by atoms with Gasteiger partial charge in [0.2, 0.25) is 0 Å². The molecule has 1 aliphatic heterocycles. The van der Waals surface area contributed by atoms with Crippen molar-refractivity contribution in [3.05, 3.63) is 23.8 Å². The third-order valence-electron chi connectivity index (χ3n) is 2.16. The van der Waals surface area contributed by atoms with Crippen LogP contribution in [-0.2, 0) is 0 Å². The highest BCUT2D eigenvalue weighted by Gasteiger charge is 2.31. The average molecular weight is 169 g/mol. The summed E-state index contributed by atoms with van der Waals surface area (Å²) in [7, 11) is -0.708. The highest BCUT2D eigenvalue weighted by Crippen LogP contribution is 2.64. The Morgan fingerprint density at radius 3 is 1.73 bits per heavy atom. The predicted octanol–water partition coefficient (Wildman–Crippen LogP) is 3.87. The van der Waals surface area contributed by atoms with Crippen LogP contribution in [-0.4, -0.2) is 12.3 Å². The van der Waals surface area contributed by atoms with E-state index < -0.39 is 7.26 Å². The molecule has 0 fully saturated rings. The maximum Gasteiger partial charge on any atom is 0.0674 e. The van der Waals surface area contributed by atoms with E-state index in [4.69, 9.17) is 0 Å². The summed E-state index contributed by atoms with van der Waals surface area (Å²) in [6.45, 7) is 4.58. The summed E-state index contributed by atoms with van der Waals surface area (Å²) in [6.07, 6.45) is 9.99. The molecule has 62 valence electrons. The summed E-state index contributed by atoms with van der Waals surface area (Å²) >= 11 is 0. The van der Waals surface area contributed by atoms with Gasteiger partial charge in [-0.15, -0.1) is 0 Å². The minimum absolute atomic E-state index is 0.708. The summed E-state index contributed by atoms with van der Waals surface area (Å²) in [4.78, 5) is 0. The second-order valence-electron chi connectivity index (χ2n) is 3.23. The first-order chi connectivity index (χ1) is 5.33. The van der Waals surface area contributed by atoms with E-state index in [1.165, 1.54) is 25.2 Å². The molecule has 0 unspecified atom stereocenters. The van der Waals surface area contributed by atoms with Crippen LogP contribution in [0.5, 0.6) is 0 Å². The van der Waals surface area contributed by atoms with Crippen LogP contribution in [0.1, 0.15) is 26.7 Å². The lowest BCUT2D eigenvalue weighted by molar-refractivity contribution is 1.05. The molecule has 0 N–H and O–H groups in total. The summed E-state index contributed by atoms with van der Waals surface area (Å²) in [5.41, 5.74) is 0. The predicted molar refractivity (Wildman–Crippen MR) is 55.5 cm³/mol. The second kappa shape index (κ2) is 4.07. The van der Waals surface area contributed by atoms with Gasteiger partial charge in [-0.1, -0.05) is 13.8 Å². The fourth-order valence-electron chi connectivity index (χ4n) is 1.73. The van der Waals surface area contributed by atoms with Gasteiger partial charge in [-0.05, 0) is 25.0 Å². The van der Waals surface area contributed by atoms with E-state index in [0.717, 1.165) is 0 Å². The van der Waals surface area contributed by atoms with Crippen molar-refractivity contribution in [3.8, 4) is 0 Å². The molecule has 0 amide bonds. The van der Waals surface area contributed by atoms with Crippen molar-refractivity contribution in [2.24, 2.45) is 0 Å². The van der Waals surface area contributed by atoms with E-state index >= 15 is 0 Å². The zero-order chi connectivity index (χ0) is 8.16. The molecule has 11 heavy (non-hydrogen) atoms. The molecule has 0 saturated carbocycles. The molecular formula is C10H18P+. The highest BCUT2D eigenvalue weighted by atomic mass is 31.2. The van der Waals surface area contributed by atoms with Gasteiger partial charge in [0.1, 0.15) is 0 Å². The molecule has 1 rings (SSSR count). The Morgan fingerprint density at radius 2 is 1.36 bits per heavy atom. The molecule has 0 aromatic rings. The Bertz CT molecular complexity index is 148. The van der Waals surface area contributed by atoms with E-state index in [-0.39, 0.29) is 0 Å². The molecule has 1 heteroatoms. The Morgan fingerprint density at radius 1 is 0.909 bits per heavy atom. The fourth-order valence-corrected chi connectivity index (χ4v) is 5.20. The quantitative estimate of drug-likeness (QED) is 0.560. The van der Waals surface area contributed by atoms with Crippen molar-refractivity contribution in [1.82, 2.24) is 0 Å². The molecule has 1 aliphatic rings. The SMILES string of the molecule is CCC[P+]1(CCC)C=CC=C1. The molecule has 0 aromatic heterocycles. The van der Waals surface area contributed by atoms with Gasteiger partial charge in [0.25, 0.3) is 0 Å². The van der Waals surface area contributed by atoms with Gasteiger partial charge in [-0.2, -0.15) is 0 Å². The lowest BCUT2D eigenvalue weighted by Gasteiger charge is -2.15. The van der Waals surface area contributed by atoms with Crippen molar-refractivity contribution in [2.45, 2.75) is 26.7 Å². The van der Waals surface area contributed by atoms with Crippen LogP contribution in [0, 0.1) is 0 Å². The van der Waals surface area contributed by atoms with Gasteiger partial charge in [-0.3, -0.25) is 0 Å². The molecule has 0 nitrogen and oxygen atoms in total. The average Bonchev–Trinajstić information content (AvgIpc) is 2.39. The maximum absolute atomic E-state index is 2.47. The van der Waals surface area contributed by atoms with Crippen molar-refractivity contribution in [2.75, 3.05) is 12.3 Å². The molecule has 0 spiro atoms. The standard InChI is InChI=1S/C10H18P/c1-3-7-11(8-4-2)9-5-6-10-11/h5-6,9-10H,3-4,7-8H2,1-2H3/q+1. The van der Waals surface area contributed by atoms with Crippen LogP contribution in [0.4, 0.5) is 0 Å². The number of allylic oxidation sites excluding steroid dienone is 2. The van der Waals surface area contributed by atoms with E-state index in [2.05, 4.69) is 37.6 Å². The Hall–Kier alpha value is -0.0900. The Kier molecular flexibility index (Phi) is 3.33. The minimum atomic E-state index is -0.708. The summed E-state index contributed by atoms with van der Waals surface area (Å²) in [6, 6.07) is 0. The number of rotatable bonds is 4. The summed E-state index contributed by atoms with van der Waals surface area (Å²) in [5.74, 6) is 4.94. The van der Waals surface area contributed by atoms with Gasteiger partial charge in [0.15, 0.2) is 0 Å².